The Kier molecular flexibility index (Phi) is 4.66. The van der Waals surface area contributed by atoms with Crippen molar-refractivity contribution in [1.29, 1.82) is 0 Å². The number of hydrogen-bond donors (Lipinski definition) is 2. The Balaban J connectivity index is 1.92. The molecule has 1 aliphatic rings. The minimum absolute atomic E-state index is 0.178. The van der Waals surface area contributed by atoms with E-state index >= 15 is 0 Å². The molecular formula is C11H20N2O. The Morgan fingerprint density at radius 1 is 1.43 bits per heavy atom. The SMILES string of the molecule is CC(C)=CCNCCC(=O)NC1CC1. The van der Waals surface area contributed by atoms with E-state index in [1.54, 1.807) is 0 Å². The van der Waals surface area contributed by atoms with Crippen molar-refractivity contribution in [2.24, 2.45) is 0 Å². The number of carbonyl (C=O) groups excluding carboxylic acids is 1. The van der Waals surface area contributed by atoms with Gasteiger partial charge < -0.3 is 10.6 Å². The molecule has 0 saturated heterocycles. The van der Waals surface area contributed by atoms with Crippen LogP contribution in [0.5, 0.6) is 0 Å². The van der Waals surface area contributed by atoms with Crippen LogP contribution in [0, 0.1) is 0 Å². The summed E-state index contributed by atoms with van der Waals surface area (Å²) in [4.78, 5) is 11.2. The van der Waals surface area contributed by atoms with Crippen LogP contribution in [0.3, 0.4) is 0 Å². The summed E-state index contributed by atoms with van der Waals surface area (Å²) in [7, 11) is 0. The maximum absolute atomic E-state index is 11.2. The summed E-state index contributed by atoms with van der Waals surface area (Å²) >= 11 is 0. The molecule has 0 bridgehead atoms. The first-order valence-corrected chi connectivity index (χ1v) is 5.32. The van der Waals surface area contributed by atoms with Gasteiger partial charge in [0, 0.05) is 25.6 Å². The Labute approximate surface area is 86.0 Å². The van der Waals surface area contributed by atoms with E-state index in [0.717, 1.165) is 25.9 Å². The summed E-state index contributed by atoms with van der Waals surface area (Å²) < 4.78 is 0. The van der Waals surface area contributed by atoms with Crippen molar-refractivity contribution in [3.8, 4) is 0 Å². The molecule has 1 saturated carbocycles. The van der Waals surface area contributed by atoms with E-state index in [4.69, 9.17) is 0 Å². The average Bonchev–Trinajstić information content (AvgIpc) is 2.87. The average molecular weight is 196 g/mol. The third-order valence-electron chi connectivity index (χ3n) is 2.13. The number of hydrogen-bond acceptors (Lipinski definition) is 2. The standard InChI is InChI=1S/C11H20N2O/c1-9(2)5-7-12-8-6-11(14)13-10-3-4-10/h5,10,12H,3-4,6-8H2,1-2H3,(H,13,14). The maximum Gasteiger partial charge on any atom is 0.221 e. The van der Waals surface area contributed by atoms with Gasteiger partial charge in [0.25, 0.3) is 0 Å². The molecule has 0 heterocycles. The molecule has 0 aromatic heterocycles. The summed E-state index contributed by atoms with van der Waals surface area (Å²) in [5.74, 6) is 0.178. The van der Waals surface area contributed by atoms with Gasteiger partial charge in [-0.15, -0.1) is 0 Å². The van der Waals surface area contributed by atoms with E-state index in [1.165, 1.54) is 5.57 Å². The van der Waals surface area contributed by atoms with Crippen molar-refractivity contribution < 1.29 is 4.79 Å². The molecule has 0 radical (unpaired) electrons. The summed E-state index contributed by atoms with van der Waals surface area (Å²) in [5.41, 5.74) is 1.31. The zero-order valence-corrected chi connectivity index (χ0v) is 9.10. The van der Waals surface area contributed by atoms with Crippen LogP contribution in [0.4, 0.5) is 0 Å². The van der Waals surface area contributed by atoms with Crippen molar-refractivity contribution in [1.82, 2.24) is 10.6 Å². The molecule has 80 valence electrons. The fourth-order valence-electron chi connectivity index (χ4n) is 1.11. The maximum atomic E-state index is 11.2. The van der Waals surface area contributed by atoms with Crippen LogP contribution in [0.2, 0.25) is 0 Å². The quantitative estimate of drug-likeness (QED) is 0.495. The summed E-state index contributed by atoms with van der Waals surface area (Å²) in [6, 6.07) is 0.486. The minimum atomic E-state index is 0.178. The molecule has 0 aromatic carbocycles. The first-order chi connectivity index (χ1) is 6.68. The zero-order chi connectivity index (χ0) is 10.4. The van der Waals surface area contributed by atoms with Crippen molar-refractivity contribution in [2.75, 3.05) is 13.1 Å². The highest BCUT2D eigenvalue weighted by atomic mass is 16.1. The lowest BCUT2D eigenvalue weighted by Crippen LogP contribution is -2.29. The Hall–Kier alpha value is -0.830. The minimum Gasteiger partial charge on any atom is -0.353 e. The molecule has 1 amide bonds. The molecule has 1 rings (SSSR count). The van der Waals surface area contributed by atoms with Gasteiger partial charge >= 0.3 is 0 Å². The van der Waals surface area contributed by atoms with E-state index in [1.807, 2.05) is 0 Å². The molecule has 14 heavy (non-hydrogen) atoms. The fraction of sp³-hybridized carbons (Fsp3) is 0.727. The molecule has 1 fully saturated rings. The van der Waals surface area contributed by atoms with Crippen molar-refractivity contribution >= 4 is 5.91 Å². The van der Waals surface area contributed by atoms with Gasteiger partial charge in [0.2, 0.25) is 5.91 Å². The molecule has 0 aromatic rings. The number of rotatable bonds is 6. The van der Waals surface area contributed by atoms with Crippen LogP contribution >= 0.6 is 0 Å². The highest BCUT2D eigenvalue weighted by Crippen LogP contribution is 2.18. The highest BCUT2D eigenvalue weighted by Gasteiger charge is 2.22. The van der Waals surface area contributed by atoms with Crippen LogP contribution < -0.4 is 10.6 Å². The first kappa shape index (κ1) is 11.2. The van der Waals surface area contributed by atoms with Gasteiger partial charge in [-0.05, 0) is 26.7 Å². The predicted octanol–water partition coefficient (Wildman–Crippen LogP) is 1.21. The summed E-state index contributed by atoms with van der Waals surface area (Å²) in [5, 5.41) is 6.16. The lowest BCUT2D eigenvalue weighted by atomic mass is 10.3. The topological polar surface area (TPSA) is 41.1 Å². The molecule has 0 spiro atoms. The number of amides is 1. The molecule has 2 N–H and O–H groups in total. The zero-order valence-electron chi connectivity index (χ0n) is 9.10. The molecule has 1 aliphatic carbocycles. The molecule has 0 unspecified atom stereocenters. The van der Waals surface area contributed by atoms with Gasteiger partial charge in [0.05, 0.1) is 0 Å². The van der Waals surface area contributed by atoms with Gasteiger partial charge in [0.1, 0.15) is 0 Å². The number of carbonyl (C=O) groups is 1. The van der Waals surface area contributed by atoms with Crippen LogP contribution in [-0.4, -0.2) is 25.0 Å². The highest BCUT2D eigenvalue weighted by molar-refractivity contribution is 5.76. The molecular weight excluding hydrogens is 176 g/mol. The Bertz CT molecular complexity index is 215. The second-order valence-electron chi connectivity index (χ2n) is 4.08. The van der Waals surface area contributed by atoms with E-state index in [0.29, 0.717) is 12.5 Å². The Morgan fingerprint density at radius 3 is 2.71 bits per heavy atom. The van der Waals surface area contributed by atoms with Gasteiger partial charge in [-0.1, -0.05) is 11.6 Å². The van der Waals surface area contributed by atoms with Crippen molar-refractivity contribution in [3.63, 3.8) is 0 Å². The number of nitrogens with one attached hydrogen (secondary N) is 2. The number of allylic oxidation sites excluding steroid dienone is 1. The van der Waals surface area contributed by atoms with Crippen LogP contribution in [0.25, 0.3) is 0 Å². The van der Waals surface area contributed by atoms with E-state index in [-0.39, 0.29) is 5.91 Å². The fourth-order valence-corrected chi connectivity index (χ4v) is 1.11. The molecule has 0 aliphatic heterocycles. The van der Waals surface area contributed by atoms with E-state index in [2.05, 4.69) is 30.6 Å². The molecule has 0 atom stereocenters. The third kappa shape index (κ3) is 5.75. The third-order valence-corrected chi connectivity index (χ3v) is 2.13. The summed E-state index contributed by atoms with van der Waals surface area (Å²) in [6.07, 6.45) is 5.04. The monoisotopic (exact) mass is 196 g/mol. The van der Waals surface area contributed by atoms with Crippen LogP contribution in [-0.2, 0) is 4.79 Å². The lowest BCUT2D eigenvalue weighted by molar-refractivity contribution is -0.121. The van der Waals surface area contributed by atoms with Gasteiger partial charge in [0.15, 0.2) is 0 Å². The van der Waals surface area contributed by atoms with Gasteiger partial charge in [-0.25, -0.2) is 0 Å². The molecule has 3 nitrogen and oxygen atoms in total. The van der Waals surface area contributed by atoms with Crippen LogP contribution in [0.15, 0.2) is 11.6 Å². The van der Waals surface area contributed by atoms with Crippen molar-refractivity contribution in [3.05, 3.63) is 11.6 Å². The van der Waals surface area contributed by atoms with E-state index in [9.17, 15) is 4.79 Å². The second-order valence-corrected chi connectivity index (χ2v) is 4.08. The Morgan fingerprint density at radius 2 is 2.14 bits per heavy atom. The largest absolute Gasteiger partial charge is 0.353 e. The second kappa shape index (κ2) is 5.81. The molecule has 3 heteroatoms. The van der Waals surface area contributed by atoms with Crippen molar-refractivity contribution in [2.45, 2.75) is 39.2 Å². The van der Waals surface area contributed by atoms with Gasteiger partial charge in [-0.2, -0.15) is 0 Å². The lowest BCUT2D eigenvalue weighted by Gasteiger charge is -2.03. The van der Waals surface area contributed by atoms with Gasteiger partial charge in [-0.3, -0.25) is 4.79 Å². The normalized spacial score (nSPS) is 15.0. The summed E-state index contributed by atoms with van der Waals surface area (Å²) in [6.45, 7) is 5.77. The smallest absolute Gasteiger partial charge is 0.221 e. The first-order valence-electron chi connectivity index (χ1n) is 5.32. The predicted molar refractivity (Wildman–Crippen MR) is 58.1 cm³/mol. The van der Waals surface area contributed by atoms with Crippen LogP contribution in [0.1, 0.15) is 33.1 Å². The van der Waals surface area contributed by atoms with E-state index < -0.39 is 0 Å².